The van der Waals surface area contributed by atoms with Gasteiger partial charge >= 0.3 is 5.56 Å². The number of nitrogens with zero attached hydrogens (tertiary/aromatic N) is 3. The van der Waals surface area contributed by atoms with Gasteiger partial charge in [0.05, 0.1) is 0 Å². The van der Waals surface area contributed by atoms with Gasteiger partial charge in [-0.1, -0.05) is 0 Å². The number of aromatic nitrogens is 4. The van der Waals surface area contributed by atoms with Crippen LogP contribution < -0.4 is 10.1 Å². The fourth-order valence-electron chi connectivity index (χ4n) is 2.88. The fraction of sp³-hybridized carbons (Fsp3) is 0.500. The molecule has 0 amide bonds. The SMILES string of the molecule is O=c1[nH]c[n+]2c3c1ncn3[C@@H]1O[C@]2(CO)C(O)C1O. The molecule has 1 fully saturated rings. The largest absolute Gasteiger partial charge is 0.390 e. The lowest BCUT2D eigenvalue weighted by Gasteiger charge is -2.30. The number of nitrogens with one attached hydrogen (secondary N) is 1. The number of aliphatic hydroxyl groups is 3. The number of aliphatic hydroxyl groups excluding tert-OH is 3. The van der Waals surface area contributed by atoms with Crippen molar-refractivity contribution in [3.63, 3.8) is 0 Å². The second-order valence-corrected chi connectivity index (χ2v) is 4.74. The van der Waals surface area contributed by atoms with E-state index in [1.54, 1.807) is 0 Å². The normalized spacial score (nSPS) is 36.1. The lowest BCUT2D eigenvalue weighted by atomic mass is 10.1. The number of imidazole rings is 1. The Bertz CT molecular complexity index is 739. The smallest absolute Gasteiger partial charge is 0.336 e. The molecule has 2 aromatic heterocycles. The van der Waals surface area contributed by atoms with E-state index in [9.17, 15) is 20.1 Å². The topological polar surface area (TPSA) is 124 Å². The minimum atomic E-state index is -1.51. The van der Waals surface area contributed by atoms with Gasteiger partial charge in [0.2, 0.25) is 17.5 Å². The fourth-order valence-corrected chi connectivity index (χ4v) is 2.88. The van der Waals surface area contributed by atoms with E-state index in [0.29, 0.717) is 5.65 Å². The Hall–Kier alpha value is -1.81. The quantitative estimate of drug-likeness (QED) is 0.406. The zero-order chi connectivity index (χ0) is 13.4. The first-order valence-corrected chi connectivity index (χ1v) is 5.75. The zero-order valence-corrected chi connectivity index (χ0v) is 9.59. The summed E-state index contributed by atoms with van der Waals surface area (Å²) in [7, 11) is 0. The van der Waals surface area contributed by atoms with Crippen LogP contribution in [-0.2, 0) is 10.5 Å². The van der Waals surface area contributed by atoms with Crippen LogP contribution in [0.4, 0.5) is 0 Å². The lowest BCUT2D eigenvalue weighted by Crippen LogP contribution is -2.67. The number of ether oxygens (including phenoxy) is 1. The van der Waals surface area contributed by atoms with Crippen molar-refractivity contribution >= 4 is 11.2 Å². The third-order valence-corrected chi connectivity index (χ3v) is 3.85. The van der Waals surface area contributed by atoms with Crippen LogP contribution >= 0.6 is 0 Å². The molecular formula is C10H11N4O5+. The molecule has 4 rings (SSSR count). The van der Waals surface area contributed by atoms with Crippen LogP contribution in [0.15, 0.2) is 17.4 Å². The molecular weight excluding hydrogens is 256 g/mol. The molecule has 0 aliphatic carbocycles. The van der Waals surface area contributed by atoms with Crippen molar-refractivity contribution in [1.29, 1.82) is 0 Å². The van der Waals surface area contributed by atoms with Gasteiger partial charge in [-0.05, 0) is 0 Å². The highest BCUT2D eigenvalue weighted by Crippen LogP contribution is 2.41. The Morgan fingerprint density at radius 3 is 3.11 bits per heavy atom. The predicted molar refractivity (Wildman–Crippen MR) is 57.7 cm³/mol. The summed E-state index contributed by atoms with van der Waals surface area (Å²) >= 11 is 0. The van der Waals surface area contributed by atoms with Crippen molar-refractivity contribution in [3.8, 4) is 0 Å². The van der Waals surface area contributed by atoms with Gasteiger partial charge in [-0.15, -0.1) is 0 Å². The van der Waals surface area contributed by atoms with Crippen molar-refractivity contribution < 1.29 is 24.6 Å². The Morgan fingerprint density at radius 2 is 2.37 bits per heavy atom. The van der Waals surface area contributed by atoms with E-state index in [-0.39, 0.29) is 11.1 Å². The summed E-state index contributed by atoms with van der Waals surface area (Å²) in [6.07, 6.45) is -0.754. The van der Waals surface area contributed by atoms with Crippen LogP contribution in [0.1, 0.15) is 6.23 Å². The highest BCUT2D eigenvalue weighted by atomic mass is 16.6. The average Bonchev–Trinajstić information content (AvgIpc) is 2.94. The van der Waals surface area contributed by atoms with Crippen molar-refractivity contribution in [2.24, 2.45) is 0 Å². The molecule has 0 radical (unpaired) electrons. The molecule has 100 valence electrons. The maximum atomic E-state index is 11.7. The second-order valence-electron chi connectivity index (χ2n) is 4.74. The lowest BCUT2D eigenvalue weighted by molar-refractivity contribution is -0.806. The number of H-pyrrole nitrogens is 1. The Morgan fingerprint density at radius 1 is 1.58 bits per heavy atom. The molecule has 9 nitrogen and oxygen atoms in total. The number of aromatic amines is 1. The maximum Gasteiger partial charge on any atom is 0.336 e. The predicted octanol–water partition coefficient (Wildman–Crippen LogP) is -3.08. The van der Waals surface area contributed by atoms with Crippen LogP contribution in [0.5, 0.6) is 0 Å². The Labute approximate surface area is 105 Å². The first-order chi connectivity index (χ1) is 9.10. The van der Waals surface area contributed by atoms with Gasteiger partial charge in [-0.25, -0.2) is 23.9 Å². The summed E-state index contributed by atoms with van der Waals surface area (Å²) < 4.78 is 8.46. The summed E-state index contributed by atoms with van der Waals surface area (Å²) in [6.45, 7) is -0.543. The highest BCUT2D eigenvalue weighted by molar-refractivity contribution is 5.66. The van der Waals surface area contributed by atoms with E-state index in [1.807, 2.05) is 0 Å². The Balaban J connectivity index is 2.17. The highest BCUT2D eigenvalue weighted by Gasteiger charge is 2.63. The molecule has 2 aliphatic heterocycles. The molecule has 0 aromatic carbocycles. The maximum absolute atomic E-state index is 11.7. The van der Waals surface area contributed by atoms with E-state index in [2.05, 4.69) is 9.97 Å². The van der Waals surface area contributed by atoms with Gasteiger partial charge in [0, 0.05) is 0 Å². The molecule has 4 N–H and O–H groups in total. The standard InChI is InChI=1S/C10H10N4O5/c15-1-10-6(17)5(16)9(19-10)13-2-11-4-7(18)12-3-14(10)8(4)13/h2-3,5-6,9,15-17H,1H2/p+1/t5?,6?,9-,10-/m1/s1. The van der Waals surface area contributed by atoms with E-state index < -0.39 is 30.8 Å². The molecule has 0 saturated carbocycles. The number of hydrogen-bond acceptors (Lipinski definition) is 6. The molecule has 2 unspecified atom stereocenters. The molecule has 4 heterocycles. The minimum absolute atomic E-state index is 0.162. The molecule has 2 aromatic rings. The van der Waals surface area contributed by atoms with Crippen molar-refractivity contribution in [2.75, 3.05) is 6.61 Å². The summed E-state index contributed by atoms with van der Waals surface area (Å²) in [6, 6.07) is 0. The third kappa shape index (κ3) is 1.03. The van der Waals surface area contributed by atoms with Crippen molar-refractivity contribution in [2.45, 2.75) is 24.2 Å². The second kappa shape index (κ2) is 3.20. The van der Waals surface area contributed by atoms with E-state index >= 15 is 0 Å². The van der Waals surface area contributed by atoms with Crippen molar-refractivity contribution in [1.82, 2.24) is 14.5 Å². The van der Waals surface area contributed by atoms with E-state index in [1.165, 1.54) is 21.8 Å². The molecule has 0 spiro atoms. The molecule has 19 heavy (non-hydrogen) atoms. The molecule has 4 atom stereocenters. The average molecular weight is 267 g/mol. The van der Waals surface area contributed by atoms with Gasteiger partial charge in [0.25, 0.3) is 5.65 Å². The third-order valence-electron chi connectivity index (χ3n) is 3.85. The zero-order valence-electron chi connectivity index (χ0n) is 9.59. The summed E-state index contributed by atoms with van der Waals surface area (Å²) in [5, 5.41) is 29.8. The number of fused-ring (bicyclic) bond motifs is 4. The minimum Gasteiger partial charge on any atom is -0.390 e. The molecule has 2 aliphatic rings. The van der Waals surface area contributed by atoms with Gasteiger partial charge in [-0.3, -0.25) is 4.74 Å². The summed E-state index contributed by atoms with van der Waals surface area (Å²) in [4.78, 5) is 18.1. The first kappa shape index (κ1) is 11.1. The van der Waals surface area contributed by atoms with E-state index in [4.69, 9.17) is 4.74 Å². The van der Waals surface area contributed by atoms with Crippen LogP contribution in [0, 0.1) is 0 Å². The van der Waals surface area contributed by atoms with Gasteiger partial charge < -0.3 is 15.3 Å². The van der Waals surface area contributed by atoms with Gasteiger partial charge in [-0.2, -0.15) is 0 Å². The molecule has 9 heteroatoms. The van der Waals surface area contributed by atoms with E-state index in [0.717, 1.165) is 0 Å². The summed E-state index contributed by atoms with van der Waals surface area (Å²) in [5.41, 5.74) is -1.34. The van der Waals surface area contributed by atoms with Crippen LogP contribution in [0.25, 0.3) is 11.2 Å². The molecule has 1 saturated heterocycles. The van der Waals surface area contributed by atoms with Gasteiger partial charge in [0.15, 0.2) is 18.8 Å². The number of rotatable bonds is 1. The first-order valence-electron chi connectivity index (χ1n) is 5.75. The van der Waals surface area contributed by atoms with Crippen LogP contribution in [0.3, 0.4) is 0 Å². The summed E-state index contributed by atoms with van der Waals surface area (Å²) in [5.74, 6) is 0. The van der Waals surface area contributed by atoms with Crippen LogP contribution in [-0.4, -0.2) is 48.7 Å². The monoisotopic (exact) mass is 267 g/mol. The Kier molecular flexibility index (Phi) is 1.86. The van der Waals surface area contributed by atoms with Gasteiger partial charge in [0.1, 0.15) is 12.7 Å². The van der Waals surface area contributed by atoms with Crippen LogP contribution in [0.2, 0.25) is 0 Å². The van der Waals surface area contributed by atoms with Crippen molar-refractivity contribution in [3.05, 3.63) is 23.0 Å². The number of hydrogen-bond donors (Lipinski definition) is 4. The molecule has 2 bridgehead atoms.